The maximum absolute atomic E-state index is 12.9. The monoisotopic (exact) mass is 392 g/mol. The first-order chi connectivity index (χ1) is 12.9. The van der Waals surface area contributed by atoms with Crippen LogP contribution < -0.4 is 14.8 Å². The van der Waals surface area contributed by atoms with Crippen molar-refractivity contribution in [3.8, 4) is 5.75 Å². The summed E-state index contributed by atoms with van der Waals surface area (Å²) in [6, 6.07) is 11.5. The van der Waals surface area contributed by atoms with Crippen LogP contribution >= 0.6 is 0 Å². The van der Waals surface area contributed by atoms with E-state index in [1.54, 1.807) is 36.4 Å². The van der Waals surface area contributed by atoms with Gasteiger partial charge in [0, 0.05) is 17.3 Å². The number of hydrogen-bond acceptors (Lipinski definition) is 4. The van der Waals surface area contributed by atoms with Crippen molar-refractivity contribution in [2.24, 2.45) is 0 Å². The summed E-state index contributed by atoms with van der Waals surface area (Å²) in [5, 5.41) is 2.62. The fraction of sp³-hybridized carbons (Fsp3) is 0.316. The number of methoxy groups -OCH3 is 1. The third kappa shape index (κ3) is 4.21. The number of benzene rings is 2. The molecule has 0 bridgehead atoms. The third-order valence-electron chi connectivity index (χ3n) is 4.56. The molecule has 0 aliphatic heterocycles. The molecule has 0 saturated heterocycles. The van der Waals surface area contributed by atoms with Crippen molar-refractivity contribution in [1.82, 2.24) is 5.32 Å². The van der Waals surface area contributed by atoms with E-state index in [9.17, 15) is 17.6 Å². The molecule has 2 aromatic rings. The Morgan fingerprint density at radius 3 is 2.59 bits per heavy atom. The average molecular weight is 392 g/mol. The second-order valence-electron chi connectivity index (χ2n) is 6.34. The van der Waals surface area contributed by atoms with E-state index in [2.05, 4.69) is 10.0 Å². The molecule has 0 fully saturated rings. The van der Waals surface area contributed by atoms with Gasteiger partial charge < -0.3 is 10.1 Å². The van der Waals surface area contributed by atoms with Crippen molar-refractivity contribution < 1.29 is 22.3 Å². The van der Waals surface area contributed by atoms with Crippen molar-refractivity contribution in [2.75, 3.05) is 18.5 Å². The van der Waals surface area contributed by atoms with Gasteiger partial charge in [-0.15, -0.1) is 0 Å². The number of hydrogen-bond donors (Lipinski definition) is 2. The molecule has 1 amide bonds. The number of anilines is 1. The Bertz CT molecular complexity index is 932. The number of ether oxygens (including phenoxy) is 1. The molecular formula is C19H21FN2O4S. The van der Waals surface area contributed by atoms with Gasteiger partial charge in [-0.05, 0) is 49.1 Å². The van der Waals surface area contributed by atoms with Crippen LogP contribution in [0.3, 0.4) is 0 Å². The van der Waals surface area contributed by atoms with Gasteiger partial charge in [0.2, 0.25) is 0 Å². The summed E-state index contributed by atoms with van der Waals surface area (Å²) in [6.07, 6.45) is 1.35. The van der Waals surface area contributed by atoms with E-state index in [0.29, 0.717) is 36.3 Å². The summed E-state index contributed by atoms with van der Waals surface area (Å²) in [5.41, 5.74) is 1.87. The van der Waals surface area contributed by atoms with Gasteiger partial charge in [0.1, 0.15) is 5.75 Å². The Labute approximate surface area is 157 Å². The zero-order valence-corrected chi connectivity index (χ0v) is 15.7. The van der Waals surface area contributed by atoms with E-state index in [0.717, 1.165) is 5.56 Å². The van der Waals surface area contributed by atoms with Gasteiger partial charge in [0.15, 0.2) is 6.67 Å². The van der Waals surface area contributed by atoms with Crippen molar-refractivity contribution in [2.45, 2.75) is 30.2 Å². The van der Waals surface area contributed by atoms with Gasteiger partial charge in [0.05, 0.1) is 12.0 Å². The third-order valence-corrected chi connectivity index (χ3v) is 6.03. The standard InChI is InChI=1S/C19H21FN2O4S/c1-26-17-9-10-18(27(24,25)22-13-5-3-2-4-6-13)15-8-7-14(11-16(15)17)21-19(23)12-20/h2-6,9-10,14,22H,7-8,11-12H2,1H3,(H,21,23)/t14-/m0/s1. The second-order valence-corrected chi connectivity index (χ2v) is 7.99. The number of halogens is 1. The van der Waals surface area contributed by atoms with Crippen molar-refractivity contribution in [3.63, 3.8) is 0 Å². The lowest BCUT2D eigenvalue weighted by Gasteiger charge is -2.28. The van der Waals surface area contributed by atoms with E-state index in [1.807, 2.05) is 0 Å². The molecule has 3 rings (SSSR count). The van der Waals surface area contributed by atoms with Gasteiger partial charge in [-0.3, -0.25) is 9.52 Å². The van der Waals surface area contributed by atoms with E-state index < -0.39 is 22.6 Å². The number of rotatable bonds is 6. The van der Waals surface area contributed by atoms with E-state index in [-0.39, 0.29) is 10.9 Å². The predicted octanol–water partition coefficient (Wildman–Crippen LogP) is 2.44. The Morgan fingerprint density at radius 2 is 1.93 bits per heavy atom. The van der Waals surface area contributed by atoms with Gasteiger partial charge in [-0.25, -0.2) is 12.8 Å². The summed E-state index contributed by atoms with van der Waals surface area (Å²) in [7, 11) is -2.27. The molecule has 0 heterocycles. The lowest BCUT2D eigenvalue weighted by Crippen LogP contribution is -2.40. The topological polar surface area (TPSA) is 84.5 Å². The van der Waals surface area contributed by atoms with Crippen LogP contribution in [-0.4, -0.2) is 34.2 Å². The highest BCUT2D eigenvalue weighted by molar-refractivity contribution is 7.92. The maximum atomic E-state index is 12.9. The van der Waals surface area contributed by atoms with Crippen molar-refractivity contribution in [1.29, 1.82) is 0 Å². The fourth-order valence-corrected chi connectivity index (χ4v) is 4.72. The van der Waals surface area contributed by atoms with Crippen LogP contribution in [0, 0.1) is 0 Å². The normalized spacial score (nSPS) is 16.3. The minimum absolute atomic E-state index is 0.192. The largest absolute Gasteiger partial charge is 0.496 e. The molecule has 1 atom stereocenters. The Balaban J connectivity index is 1.95. The molecule has 0 radical (unpaired) electrons. The molecule has 0 unspecified atom stereocenters. The van der Waals surface area contributed by atoms with E-state index in [1.165, 1.54) is 13.2 Å². The molecule has 0 spiro atoms. The molecule has 8 heteroatoms. The predicted molar refractivity (Wildman–Crippen MR) is 100 cm³/mol. The Kier molecular flexibility index (Phi) is 5.65. The molecular weight excluding hydrogens is 371 g/mol. The Hall–Kier alpha value is -2.61. The minimum atomic E-state index is -3.78. The number of nitrogens with one attached hydrogen (secondary N) is 2. The smallest absolute Gasteiger partial charge is 0.262 e. The Morgan fingerprint density at radius 1 is 1.19 bits per heavy atom. The van der Waals surface area contributed by atoms with Crippen LogP contribution in [0.1, 0.15) is 17.5 Å². The van der Waals surface area contributed by atoms with Gasteiger partial charge in [-0.2, -0.15) is 0 Å². The molecule has 6 nitrogen and oxygen atoms in total. The first kappa shape index (κ1) is 19.2. The highest BCUT2D eigenvalue weighted by atomic mass is 32.2. The lowest BCUT2D eigenvalue weighted by atomic mass is 9.87. The summed E-state index contributed by atoms with van der Waals surface area (Å²) in [5.74, 6) is -0.111. The van der Waals surface area contributed by atoms with Crippen LogP contribution in [0.2, 0.25) is 0 Å². The number of alkyl halides is 1. The van der Waals surface area contributed by atoms with Gasteiger partial charge >= 0.3 is 0 Å². The number of amides is 1. The number of carbonyl (C=O) groups is 1. The fourth-order valence-electron chi connectivity index (χ4n) is 3.36. The second kappa shape index (κ2) is 7.96. The van der Waals surface area contributed by atoms with Crippen LogP contribution in [-0.2, 0) is 27.7 Å². The highest BCUT2D eigenvalue weighted by Gasteiger charge is 2.29. The van der Waals surface area contributed by atoms with Crippen LogP contribution in [0.25, 0.3) is 0 Å². The SMILES string of the molecule is COc1ccc(S(=O)(=O)Nc2ccccc2)c2c1C[C@@H](NC(=O)CF)CC2. The molecule has 27 heavy (non-hydrogen) atoms. The van der Waals surface area contributed by atoms with Gasteiger partial charge in [-0.1, -0.05) is 18.2 Å². The summed E-state index contributed by atoms with van der Waals surface area (Å²) in [6.45, 7) is -1.07. The van der Waals surface area contributed by atoms with E-state index in [4.69, 9.17) is 4.74 Å². The molecule has 0 saturated carbocycles. The van der Waals surface area contributed by atoms with Crippen LogP contribution in [0.4, 0.5) is 10.1 Å². The van der Waals surface area contributed by atoms with Crippen LogP contribution in [0.5, 0.6) is 5.75 Å². The number of carbonyl (C=O) groups excluding carboxylic acids is 1. The molecule has 2 aromatic carbocycles. The maximum Gasteiger partial charge on any atom is 0.262 e. The summed E-state index contributed by atoms with van der Waals surface area (Å²) >= 11 is 0. The highest BCUT2D eigenvalue weighted by Crippen LogP contribution is 2.35. The molecule has 2 N–H and O–H groups in total. The van der Waals surface area contributed by atoms with Crippen molar-refractivity contribution in [3.05, 3.63) is 53.6 Å². The summed E-state index contributed by atoms with van der Waals surface area (Å²) < 4.78 is 46.3. The number of sulfonamides is 1. The first-order valence-electron chi connectivity index (χ1n) is 8.56. The molecule has 144 valence electrons. The minimum Gasteiger partial charge on any atom is -0.496 e. The zero-order chi connectivity index (χ0) is 19.4. The zero-order valence-electron chi connectivity index (χ0n) is 14.9. The molecule has 1 aliphatic carbocycles. The molecule has 1 aliphatic rings. The van der Waals surface area contributed by atoms with Crippen molar-refractivity contribution >= 4 is 21.6 Å². The molecule has 0 aromatic heterocycles. The van der Waals surface area contributed by atoms with E-state index >= 15 is 0 Å². The number of fused-ring (bicyclic) bond motifs is 1. The van der Waals surface area contributed by atoms with Crippen LogP contribution in [0.15, 0.2) is 47.4 Å². The average Bonchev–Trinajstić information content (AvgIpc) is 2.67. The summed E-state index contributed by atoms with van der Waals surface area (Å²) in [4.78, 5) is 11.5. The van der Waals surface area contributed by atoms with Gasteiger partial charge in [0.25, 0.3) is 15.9 Å². The number of para-hydroxylation sites is 1. The first-order valence-corrected chi connectivity index (χ1v) is 10.0. The quantitative estimate of drug-likeness (QED) is 0.791. The lowest BCUT2D eigenvalue weighted by molar-refractivity contribution is -0.122.